The quantitative estimate of drug-likeness (QED) is 0.217. The highest BCUT2D eigenvalue weighted by molar-refractivity contribution is 14.0. The summed E-state index contributed by atoms with van der Waals surface area (Å²) < 4.78 is 39.9. The Kier molecular flexibility index (Phi) is 9.78. The molecule has 0 aliphatic carbocycles. The SMILES string of the molecule is CN=C(NCCNc1nccc(C(F)(F)F)n1)NC(C)Cc1c(C)nn(C)c1C.I. The molecular weight excluding hydrogens is 512 g/mol. The van der Waals surface area contributed by atoms with Crippen molar-refractivity contribution in [1.29, 1.82) is 0 Å². The molecule has 0 radical (unpaired) electrons. The second kappa shape index (κ2) is 11.3. The summed E-state index contributed by atoms with van der Waals surface area (Å²) in [6.45, 7) is 6.84. The average molecular weight is 540 g/mol. The Bertz CT molecular complexity index is 850. The lowest BCUT2D eigenvalue weighted by molar-refractivity contribution is -0.141. The molecule has 0 aliphatic heterocycles. The lowest BCUT2D eigenvalue weighted by Crippen LogP contribution is -2.44. The van der Waals surface area contributed by atoms with Crippen molar-refractivity contribution in [2.75, 3.05) is 25.5 Å². The zero-order chi connectivity index (χ0) is 21.6. The molecule has 0 fully saturated rings. The fraction of sp³-hybridized carbons (Fsp3) is 0.556. The standard InChI is InChI=1S/C18H27F3N8.HI/c1-11(10-14-12(2)28-29(5)13(14)3)26-16(22-4)24-8-9-25-17-23-7-6-15(27-17)18(19,20)21;/h6-7,11H,8-10H2,1-5H3,(H2,22,24,26)(H,23,25,27);1H. The van der Waals surface area contributed by atoms with Crippen molar-refractivity contribution in [3.63, 3.8) is 0 Å². The number of hydrogen-bond acceptors (Lipinski definition) is 5. The van der Waals surface area contributed by atoms with Crippen LogP contribution < -0.4 is 16.0 Å². The van der Waals surface area contributed by atoms with Crippen molar-refractivity contribution in [2.24, 2.45) is 12.0 Å². The van der Waals surface area contributed by atoms with E-state index in [9.17, 15) is 13.2 Å². The van der Waals surface area contributed by atoms with Crippen LogP contribution in [0.1, 0.15) is 29.6 Å². The highest BCUT2D eigenvalue weighted by Crippen LogP contribution is 2.27. The lowest BCUT2D eigenvalue weighted by Gasteiger charge is -2.18. The summed E-state index contributed by atoms with van der Waals surface area (Å²) >= 11 is 0. The van der Waals surface area contributed by atoms with Gasteiger partial charge in [0.2, 0.25) is 5.95 Å². The minimum atomic E-state index is -4.50. The Hall–Kier alpha value is -2.12. The van der Waals surface area contributed by atoms with E-state index < -0.39 is 11.9 Å². The van der Waals surface area contributed by atoms with Gasteiger partial charge >= 0.3 is 6.18 Å². The van der Waals surface area contributed by atoms with Crippen molar-refractivity contribution in [1.82, 2.24) is 30.4 Å². The minimum absolute atomic E-state index is 0. The Morgan fingerprint density at radius 2 is 1.97 bits per heavy atom. The first-order chi connectivity index (χ1) is 13.6. The Balaban J connectivity index is 0.00000450. The van der Waals surface area contributed by atoms with Crippen LogP contribution >= 0.6 is 24.0 Å². The topological polar surface area (TPSA) is 92.1 Å². The van der Waals surface area contributed by atoms with Crippen LogP contribution in [0.25, 0.3) is 0 Å². The number of nitrogens with one attached hydrogen (secondary N) is 3. The van der Waals surface area contributed by atoms with Crippen molar-refractivity contribution in [3.05, 3.63) is 34.9 Å². The second-order valence-corrected chi connectivity index (χ2v) is 6.71. The van der Waals surface area contributed by atoms with Crippen LogP contribution in [0.4, 0.5) is 19.1 Å². The van der Waals surface area contributed by atoms with E-state index in [0.29, 0.717) is 19.0 Å². The van der Waals surface area contributed by atoms with Crippen LogP contribution in [0.2, 0.25) is 0 Å². The van der Waals surface area contributed by atoms with Gasteiger partial charge in [-0.2, -0.15) is 18.3 Å². The van der Waals surface area contributed by atoms with E-state index in [1.165, 1.54) is 5.56 Å². The molecule has 8 nitrogen and oxygen atoms in total. The molecule has 0 spiro atoms. The second-order valence-electron chi connectivity index (χ2n) is 6.71. The van der Waals surface area contributed by atoms with Crippen molar-refractivity contribution >= 4 is 35.9 Å². The number of guanidine groups is 1. The zero-order valence-electron chi connectivity index (χ0n) is 17.6. The first kappa shape index (κ1) is 25.9. The molecule has 2 aromatic rings. The number of hydrogen-bond donors (Lipinski definition) is 3. The first-order valence-electron chi connectivity index (χ1n) is 9.22. The summed E-state index contributed by atoms with van der Waals surface area (Å²) in [4.78, 5) is 11.4. The van der Waals surface area contributed by atoms with Gasteiger partial charge in [-0.1, -0.05) is 0 Å². The molecule has 3 N–H and O–H groups in total. The normalized spacial score (nSPS) is 12.9. The summed E-state index contributed by atoms with van der Waals surface area (Å²) in [5.74, 6) is 0.531. The number of halogens is 4. The molecule has 0 saturated carbocycles. The van der Waals surface area contributed by atoms with Crippen molar-refractivity contribution in [2.45, 2.75) is 39.4 Å². The maximum Gasteiger partial charge on any atom is 0.433 e. The van der Waals surface area contributed by atoms with E-state index in [1.807, 2.05) is 32.5 Å². The Morgan fingerprint density at radius 1 is 1.27 bits per heavy atom. The third kappa shape index (κ3) is 7.29. The van der Waals surface area contributed by atoms with E-state index in [1.54, 1.807) is 7.05 Å². The fourth-order valence-electron chi connectivity index (χ4n) is 2.86. The van der Waals surface area contributed by atoms with Gasteiger partial charge in [-0.15, -0.1) is 24.0 Å². The van der Waals surface area contributed by atoms with Gasteiger partial charge in [0.05, 0.1) is 5.69 Å². The lowest BCUT2D eigenvalue weighted by atomic mass is 10.1. The number of aliphatic imine (C=N–C) groups is 1. The largest absolute Gasteiger partial charge is 0.433 e. The smallest absolute Gasteiger partial charge is 0.355 e. The molecule has 2 aromatic heterocycles. The molecule has 12 heteroatoms. The molecule has 0 aromatic carbocycles. The monoisotopic (exact) mass is 540 g/mol. The van der Waals surface area contributed by atoms with Crippen LogP contribution in [0.15, 0.2) is 17.3 Å². The van der Waals surface area contributed by atoms with Crippen molar-refractivity contribution < 1.29 is 13.2 Å². The Morgan fingerprint density at radius 3 is 2.53 bits per heavy atom. The highest BCUT2D eigenvalue weighted by Gasteiger charge is 2.32. The Labute approximate surface area is 191 Å². The average Bonchev–Trinajstić information content (AvgIpc) is 2.89. The predicted octanol–water partition coefficient (Wildman–Crippen LogP) is 2.67. The van der Waals surface area contributed by atoms with E-state index in [0.717, 1.165) is 30.1 Å². The maximum atomic E-state index is 12.7. The molecule has 0 bridgehead atoms. The van der Waals surface area contributed by atoms with Crippen LogP contribution in [0, 0.1) is 13.8 Å². The minimum Gasteiger partial charge on any atom is -0.355 e. The number of alkyl halides is 3. The molecule has 0 saturated heterocycles. The molecular formula is C18H28F3IN8. The van der Waals surface area contributed by atoms with Gasteiger partial charge in [-0.05, 0) is 38.8 Å². The molecule has 1 atom stereocenters. The molecule has 0 aliphatic rings. The van der Waals surface area contributed by atoms with Gasteiger partial charge in [0.25, 0.3) is 0 Å². The number of rotatable bonds is 7. The maximum absolute atomic E-state index is 12.7. The summed E-state index contributed by atoms with van der Waals surface area (Å²) in [6.07, 6.45) is -2.62. The zero-order valence-corrected chi connectivity index (χ0v) is 20.0. The molecule has 0 amide bonds. The number of nitrogens with zero attached hydrogens (tertiary/aromatic N) is 5. The molecule has 168 valence electrons. The molecule has 30 heavy (non-hydrogen) atoms. The summed E-state index contributed by atoms with van der Waals surface area (Å²) in [5, 5.41) is 13.6. The van der Waals surface area contributed by atoms with Gasteiger partial charge in [0, 0.05) is 45.1 Å². The van der Waals surface area contributed by atoms with Gasteiger partial charge < -0.3 is 16.0 Å². The van der Waals surface area contributed by atoms with Crippen LogP contribution in [0.3, 0.4) is 0 Å². The van der Waals surface area contributed by atoms with E-state index >= 15 is 0 Å². The summed E-state index contributed by atoms with van der Waals surface area (Å²) in [7, 11) is 3.58. The number of anilines is 1. The van der Waals surface area contributed by atoms with E-state index in [4.69, 9.17) is 0 Å². The summed E-state index contributed by atoms with van der Waals surface area (Å²) in [5.41, 5.74) is 2.36. The van der Waals surface area contributed by atoms with Gasteiger partial charge in [-0.3, -0.25) is 9.67 Å². The number of aromatic nitrogens is 4. The van der Waals surface area contributed by atoms with Crippen LogP contribution in [-0.4, -0.2) is 51.9 Å². The fourth-order valence-corrected chi connectivity index (χ4v) is 2.86. The molecule has 2 rings (SSSR count). The van der Waals surface area contributed by atoms with Crippen molar-refractivity contribution in [3.8, 4) is 0 Å². The predicted molar refractivity (Wildman–Crippen MR) is 121 cm³/mol. The third-order valence-electron chi connectivity index (χ3n) is 4.42. The molecule has 1 unspecified atom stereocenters. The summed E-state index contributed by atoms with van der Waals surface area (Å²) in [6, 6.07) is 0.949. The van der Waals surface area contributed by atoms with Gasteiger partial charge in [-0.25, -0.2) is 9.97 Å². The number of aryl methyl sites for hydroxylation is 2. The molecule has 2 heterocycles. The van der Waals surface area contributed by atoms with Gasteiger partial charge in [0.15, 0.2) is 5.96 Å². The van der Waals surface area contributed by atoms with E-state index in [2.05, 4.69) is 36.0 Å². The van der Waals surface area contributed by atoms with E-state index in [-0.39, 0.29) is 36.0 Å². The van der Waals surface area contributed by atoms with Crippen LogP contribution in [0.5, 0.6) is 0 Å². The highest BCUT2D eigenvalue weighted by atomic mass is 127. The van der Waals surface area contributed by atoms with Gasteiger partial charge in [0.1, 0.15) is 5.69 Å². The van der Waals surface area contributed by atoms with Crippen LogP contribution in [-0.2, 0) is 19.6 Å². The first-order valence-corrected chi connectivity index (χ1v) is 9.22. The third-order valence-corrected chi connectivity index (χ3v) is 4.42.